The Bertz CT molecular complexity index is 205. The zero-order chi connectivity index (χ0) is 7.23. The largest absolute Gasteiger partial charge is 0.390 e. The number of hydrogen-bond donors (Lipinski definition) is 1. The lowest BCUT2D eigenvalue weighted by molar-refractivity contribution is 1.05. The highest BCUT2D eigenvalue weighted by molar-refractivity contribution is 5.51. The second-order valence-corrected chi connectivity index (χ2v) is 1.85. The van der Waals surface area contributed by atoms with Crippen molar-refractivity contribution < 1.29 is 0 Å². The molecule has 0 unspecified atom stereocenters. The third-order valence-electron chi connectivity index (χ3n) is 1.10. The van der Waals surface area contributed by atoms with Crippen molar-refractivity contribution >= 4 is 6.34 Å². The van der Waals surface area contributed by atoms with Gasteiger partial charge in [0, 0.05) is 12.4 Å². The lowest BCUT2D eigenvalue weighted by Gasteiger charge is -1.91. The Morgan fingerprint density at radius 3 is 3.20 bits per heavy atom. The summed E-state index contributed by atoms with van der Waals surface area (Å²) in [5.41, 5.74) is 6.14. The molecular formula is C7H9N3. The average molecular weight is 135 g/mol. The topological polar surface area (TPSA) is 51.3 Å². The zero-order valence-electron chi connectivity index (χ0n) is 5.57. The molecule has 1 rings (SSSR count). The normalized spacial score (nSPS) is 10.4. The number of aliphatic imine (C=N–C) groups is 1. The van der Waals surface area contributed by atoms with Crippen LogP contribution in [-0.2, 0) is 6.54 Å². The van der Waals surface area contributed by atoms with Crippen LogP contribution in [0.1, 0.15) is 5.56 Å². The van der Waals surface area contributed by atoms with Crippen molar-refractivity contribution in [1.29, 1.82) is 0 Å². The third kappa shape index (κ3) is 1.85. The summed E-state index contributed by atoms with van der Waals surface area (Å²) in [5.74, 6) is 0. The molecule has 52 valence electrons. The average Bonchev–Trinajstić information content (AvgIpc) is 2.03. The standard InChI is InChI=1S/C7H9N3/c8-6-10-5-7-2-1-3-9-4-7/h1-4,6H,5H2,(H2,8,10). The minimum absolute atomic E-state index is 0.615. The first-order chi connectivity index (χ1) is 4.93. The minimum atomic E-state index is 0.615. The van der Waals surface area contributed by atoms with E-state index in [0.29, 0.717) is 6.54 Å². The number of rotatable bonds is 2. The molecule has 0 aliphatic heterocycles. The molecule has 1 aromatic rings. The number of hydrogen-bond acceptors (Lipinski definition) is 2. The lowest BCUT2D eigenvalue weighted by Crippen LogP contribution is -1.90. The summed E-state index contributed by atoms with van der Waals surface area (Å²) in [6.07, 6.45) is 4.80. The summed E-state index contributed by atoms with van der Waals surface area (Å²) in [6, 6.07) is 3.83. The van der Waals surface area contributed by atoms with E-state index < -0.39 is 0 Å². The quantitative estimate of drug-likeness (QED) is 0.476. The number of aromatic nitrogens is 1. The molecule has 0 radical (unpaired) electrons. The molecule has 0 fully saturated rings. The predicted octanol–water partition coefficient (Wildman–Crippen LogP) is 0.569. The molecule has 10 heavy (non-hydrogen) atoms. The van der Waals surface area contributed by atoms with Crippen molar-refractivity contribution in [3.8, 4) is 0 Å². The lowest BCUT2D eigenvalue weighted by atomic mass is 10.3. The van der Waals surface area contributed by atoms with Gasteiger partial charge in [-0.3, -0.25) is 9.98 Å². The Balaban J connectivity index is 2.59. The van der Waals surface area contributed by atoms with Crippen LogP contribution in [0.4, 0.5) is 0 Å². The molecule has 0 bridgehead atoms. The van der Waals surface area contributed by atoms with Gasteiger partial charge in [-0.15, -0.1) is 0 Å². The number of nitrogens with two attached hydrogens (primary N) is 1. The Kier molecular flexibility index (Phi) is 2.43. The van der Waals surface area contributed by atoms with E-state index in [-0.39, 0.29) is 0 Å². The number of pyridine rings is 1. The monoisotopic (exact) mass is 135 g/mol. The summed E-state index contributed by atoms with van der Waals surface area (Å²) in [7, 11) is 0. The summed E-state index contributed by atoms with van der Waals surface area (Å²) >= 11 is 0. The van der Waals surface area contributed by atoms with Crippen molar-refractivity contribution in [2.45, 2.75) is 6.54 Å². The fourth-order valence-electron chi connectivity index (χ4n) is 0.650. The molecule has 0 atom stereocenters. The molecule has 1 heterocycles. The SMILES string of the molecule is NC=NCc1cccnc1. The second kappa shape index (κ2) is 3.61. The van der Waals surface area contributed by atoms with E-state index in [9.17, 15) is 0 Å². The van der Waals surface area contributed by atoms with Crippen LogP contribution >= 0.6 is 0 Å². The summed E-state index contributed by atoms with van der Waals surface area (Å²) < 4.78 is 0. The Morgan fingerprint density at radius 1 is 1.70 bits per heavy atom. The van der Waals surface area contributed by atoms with Gasteiger partial charge in [0.2, 0.25) is 0 Å². The van der Waals surface area contributed by atoms with E-state index in [4.69, 9.17) is 5.73 Å². The van der Waals surface area contributed by atoms with E-state index in [1.807, 2.05) is 12.1 Å². The highest BCUT2D eigenvalue weighted by Gasteiger charge is 1.84. The molecule has 0 aliphatic rings. The van der Waals surface area contributed by atoms with Crippen LogP contribution in [0.5, 0.6) is 0 Å². The highest BCUT2D eigenvalue weighted by atomic mass is 14.8. The Morgan fingerprint density at radius 2 is 2.60 bits per heavy atom. The van der Waals surface area contributed by atoms with Gasteiger partial charge in [-0.1, -0.05) is 6.07 Å². The highest BCUT2D eigenvalue weighted by Crippen LogP contribution is 1.95. The van der Waals surface area contributed by atoms with Gasteiger partial charge >= 0.3 is 0 Å². The van der Waals surface area contributed by atoms with E-state index >= 15 is 0 Å². The van der Waals surface area contributed by atoms with Gasteiger partial charge in [-0.25, -0.2) is 0 Å². The molecule has 0 saturated carbocycles. The van der Waals surface area contributed by atoms with E-state index in [0.717, 1.165) is 5.56 Å². The molecule has 0 amide bonds. The smallest absolute Gasteiger partial charge is 0.0801 e. The van der Waals surface area contributed by atoms with Crippen molar-refractivity contribution in [3.05, 3.63) is 30.1 Å². The molecule has 0 aromatic carbocycles. The van der Waals surface area contributed by atoms with E-state index in [2.05, 4.69) is 9.98 Å². The van der Waals surface area contributed by atoms with Gasteiger partial charge in [0.05, 0.1) is 12.9 Å². The first kappa shape index (κ1) is 6.74. The van der Waals surface area contributed by atoms with Gasteiger partial charge in [-0.05, 0) is 11.6 Å². The molecular weight excluding hydrogens is 126 g/mol. The van der Waals surface area contributed by atoms with Crippen LogP contribution in [-0.4, -0.2) is 11.3 Å². The maximum absolute atomic E-state index is 5.06. The van der Waals surface area contributed by atoms with Crippen LogP contribution in [0, 0.1) is 0 Å². The first-order valence-corrected chi connectivity index (χ1v) is 3.02. The third-order valence-corrected chi connectivity index (χ3v) is 1.10. The molecule has 3 nitrogen and oxygen atoms in total. The van der Waals surface area contributed by atoms with E-state index in [1.54, 1.807) is 12.4 Å². The fourth-order valence-corrected chi connectivity index (χ4v) is 0.650. The molecule has 1 aromatic heterocycles. The molecule has 0 aliphatic carbocycles. The fraction of sp³-hybridized carbons (Fsp3) is 0.143. The van der Waals surface area contributed by atoms with Gasteiger partial charge < -0.3 is 5.73 Å². The molecule has 0 spiro atoms. The van der Waals surface area contributed by atoms with Gasteiger partial charge in [0.15, 0.2) is 0 Å². The zero-order valence-corrected chi connectivity index (χ0v) is 5.57. The minimum Gasteiger partial charge on any atom is -0.390 e. The van der Waals surface area contributed by atoms with Gasteiger partial charge in [0.1, 0.15) is 0 Å². The maximum atomic E-state index is 5.06. The summed E-state index contributed by atoms with van der Waals surface area (Å²) in [5, 5.41) is 0. The molecule has 0 saturated heterocycles. The van der Waals surface area contributed by atoms with Crippen LogP contribution < -0.4 is 5.73 Å². The molecule has 2 N–H and O–H groups in total. The van der Waals surface area contributed by atoms with Crippen LogP contribution in [0.2, 0.25) is 0 Å². The van der Waals surface area contributed by atoms with Crippen molar-refractivity contribution in [1.82, 2.24) is 4.98 Å². The van der Waals surface area contributed by atoms with Crippen LogP contribution in [0.25, 0.3) is 0 Å². The van der Waals surface area contributed by atoms with Crippen molar-refractivity contribution in [2.24, 2.45) is 10.7 Å². The van der Waals surface area contributed by atoms with Crippen molar-refractivity contribution in [3.63, 3.8) is 0 Å². The first-order valence-electron chi connectivity index (χ1n) is 3.02. The maximum Gasteiger partial charge on any atom is 0.0801 e. The van der Waals surface area contributed by atoms with Crippen molar-refractivity contribution in [2.75, 3.05) is 0 Å². The summed E-state index contributed by atoms with van der Waals surface area (Å²) in [6.45, 7) is 0.615. The van der Waals surface area contributed by atoms with Gasteiger partial charge in [0.25, 0.3) is 0 Å². The molecule has 3 heteroatoms. The second-order valence-electron chi connectivity index (χ2n) is 1.85. The predicted molar refractivity (Wildman–Crippen MR) is 40.6 cm³/mol. The summed E-state index contributed by atoms with van der Waals surface area (Å²) in [4.78, 5) is 7.78. The Labute approximate surface area is 59.6 Å². The van der Waals surface area contributed by atoms with Gasteiger partial charge in [-0.2, -0.15) is 0 Å². The number of nitrogens with zero attached hydrogens (tertiary/aromatic N) is 2. The van der Waals surface area contributed by atoms with Crippen LogP contribution in [0.3, 0.4) is 0 Å². The Hall–Kier alpha value is -1.38. The van der Waals surface area contributed by atoms with Crippen LogP contribution in [0.15, 0.2) is 29.5 Å². The van der Waals surface area contributed by atoms with E-state index in [1.165, 1.54) is 6.34 Å².